The molecule has 30 heteroatoms. The van der Waals surface area contributed by atoms with Crippen molar-refractivity contribution in [1.29, 1.82) is 0 Å². The minimum absolute atomic E-state index is 0.00505. The van der Waals surface area contributed by atoms with Crippen molar-refractivity contribution in [2.75, 3.05) is 87.0 Å². The molecule has 2 aliphatic rings. The number of nitrogens with zero attached hydrogens (tertiary/aromatic N) is 5. The molecule has 0 aliphatic carbocycles. The Bertz CT molecular complexity index is 3180. The first-order valence-corrected chi connectivity index (χ1v) is 35.6. The van der Waals surface area contributed by atoms with Gasteiger partial charge < -0.3 is 71.3 Å². The summed E-state index contributed by atoms with van der Waals surface area (Å²) >= 11 is 0. The number of ketones is 1. The van der Waals surface area contributed by atoms with E-state index in [9.17, 15) is 61.5 Å². The molecule has 2 aromatic carbocycles. The summed E-state index contributed by atoms with van der Waals surface area (Å²) in [5.74, 6) is -7.95. The maximum Gasteiger partial charge on any atom is 0.409 e. The summed E-state index contributed by atoms with van der Waals surface area (Å²) in [5, 5.41) is 16.4. The van der Waals surface area contributed by atoms with Crippen LogP contribution in [0.1, 0.15) is 138 Å². The molecule has 8 N–H and O–H groups in total. The number of hydrogen-bond acceptors (Lipinski definition) is 17. The van der Waals surface area contributed by atoms with Crippen LogP contribution >= 0.6 is 0 Å². The lowest BCUT2D eigenvalue weighted by molar-refractivity contribution is -0.148. The molecule has 0 aromatic heterocycles. The number of hydrogen-bond donors (Lipinski definition) is 7. The Kier molecular flexibility index (Phi) is 36.1. The fourth-order valence-electron chi connectivity index (χ4n) is 13.0. The molecule has 1 fully saturated rings. The van der Waals surface area contributed by atoms with E-state index < -0.39 is 108 Å². The number of carbonyl (C=O) groups excluding carboxylic acids is 12. The molecular weight excluding hydrogens is 1340 g/mol. The summed E-state index contributed by atoms with van der Waals surface area (Å²) in [6.45, 7) is 16.3. The number of primary amides is 1. The van der Waals surface area contributed by atoms with E-state index in [1.165, 1.54) is 49.3 Å². The van der Waals surface area contributed by atoms with Crippen molar-refractivity contribution in [3.8, 4) is 0 Å². The zero-order valence-electron chi connectivity index (χ0n) is 62.6. The maximum absolute atomic E-state index is 15.0. The number of ether oxygens (including phenoxy) is 4. The molecule has 0 bridgehead atoms. The van der Waals surface area contributed by atoms with E-state index in [0.29, 0.717) is 43.4 Å². The highest BCUT2D eigenvalue weighted by molar-refractivity contribution is 6.12. The van der Waals surface area contributed by atoms with Gasteiger partial charge in [0.25, 0.3) is 11.8 Å². The number of amides is 12. The first kappa shape index (κ1) is 86.8. The lowest BCUT2D eigenvalue weighted by atomic mass is 9.89. The number of likely N-dealkylation sites (tertiary alicyclic amines) is 1. The molecule has 11 atom stereocenters. The Hall–Kier alpha value is -8.64. The molecular formula is C73H112F2N12O16. The van der Waals surface area contributed by atoms with E-state index >= 15 is 4.79 Å². The van der Waals surface area contributed by atoms with Gasteiger partial charge in [-0.2, -0.15) is 0 Å². The fraction of sp³-hybridized carbons (Fsp3) is 0.644. The highest BCUT2D eigenvalue weighted by Gasteiger charge is 2.47. The number of Topliss-reactive ketones (excluding diaryl/α,β-unsaturated/α-hetero) is 1. The van der Waals surface area contributed by atoms with Gasteiger partial charge in [-0.3, -0.25) is 53.0 Å². The van der Waals surface area contributed by atoms with E-state index in [1.54, 1.807) is 76.0 Å². The number of carbonyl (C=O) groups is 12. The van der Waals surface area contributed by atoms with Crippen LogP contribution in [0.5, 0.6) is 0 Å². The van der Waals surface area contributed by atoms with Gasteiger partial charge in [0.2, 0.25) is 35.4 Å². The Labute approximate surface area is 604 Å². The van der Waals surface area contributed by atoms with Crippen molar-refractivity contribution in [3.05, 3.63) is 77.4 Å². The topological polar surface area (TPSA) is 356 Å². The second kappa shape index (κ2) is 42.8. The number of anilines is 1. The first-order chi connectivity index (χ1) is 48.6. The summed E-state index contributed by atoms with van der Waals surface area (Å²) in [4.78, 5) is 167. The monoisotopic (exact) mass is 1450 g/mol. The summed E-state index contributed by atoms with van der Waals surface area (Å²) in [5.41, 5.74) is 5.95. The number of benzene rings is 2. The predicted octanol–water partition coefficient (Wildman–Crippen LogP) is 5.83. The van der Waals surface area contributed by atoms with Gasteiger partial charge in [-0.05, 0) is 99.7 Å². The molecule has 2 aliphatic heterocycles. The average molecular weight is 1450 g/mol. The number of methoxy groups -OCH3 is 2. The number of nitrogens with two attached hydrogens (primary N) is 1. The molecule has 0 radical (unpaired) electrons. The van der Waals surface area contributed by atoms with Gasteiger partial charge >= 0.3 is 18.2 Å². The molecule has 28 nitrogen and oxygen atoms in total. The zero-order valence-corrected chi connectivity index (χ0v) is 62.6. The van der Waals surface area contributed by atoms with E-state index in [4.69, 9.17) is 24.7 Å². The van der Waals surface area contributed by atoms with Crippen molar-refractivity contribution in [2.24, 2.45) is 41.2 Å². The molecule has 2 aromatic rings. The number of rotatable bonds is 43. The van der Waals surface area contributed by atoms with Crippen LogP contribution in [-0.4, -0.2) is 226 Å². The lowest BCUT2D eigenvalue weighted by Crippen LogP contribution is -2.59. The van der Waals surface area contributed by atoms with Crippen molar-refractivity contribution in [2.45, 2.75) is 188 Å². The third-order valence-electron chi connectivity index (χ3n) is 18.9. The van der Waals surface area contributed by atoms with Gasteiger partial charge in [0, 0.05) is 110 Å². The Balaban J connectivity index is 1.40. The number of likely N-dealkylation sites (N-methyl/N-ethyl adjacent to an activating group) is 3. The predicted molar refractivity (Wildman–Crippen MR) is 381 cm³/mol. The third kappa shape index (κ3) is 26.8. The van der Waals surface area contributed by atoms with Crippen LogP contribution in [0.25, 0.3) is 0 Å². The van der Waals surface area contributed by atoms with E-state index in [2.05, 4.69) is 31.9 Å². The highest BCUT2D eigenvalue weighted by Crippen LogP contribution is 2.32. The minimum Gasteiger partial charge on any atom is -0.445 e. The second-order valence-electron chi connectivity index (χ2n) is 27.9. The van der Waals surface area contributed by atoms with Gasteiger partial charge in [0.1, 0.15) is 30.4 Å². The number of halogens is 2. The van der Waals surface area contributed by atoms with Crippen LogP contribution < -0.4 is 37.6 Å². The van der Waals surface area contributed by atoms with Gasteiger partial charge in [-0.1, -0.05) is 93.4 Å². The minimum atomic E-state index is -1.01. The molecule has 103 heavy (non-hydrogen) atoms. The van der Waals surface area contributed by atoms with Crippen LogP contribution in [0.15, 0.2) is 54.6 Å². The lowest BCUT2D eigenvalue weighted by Gasteiger charge is -2.41. The van der Waals surface area contributed by atoms with Crippen LogP contribution in [0, 0.1) is 47.1 Å². The number of alkyl carbamates (subject to hydrolysis) is 1. The second-order valence-corrected chi connectivity index (χ2v) is 27.9. The van der Waals surface area contributed by atoms with Crippen molar-refractivity contribution < 1.29 is 85.3 Å². The number of nitrogens with one attached hydrogen (secondary N) is 6. The van der Waals surface area contributed by atoms with E-state index in [-0.39, 0.29) is 149 Å². The van der Waals surface area contributed by atoms with Crippen LogP contribution in [0.2, 0.25) is 0 Å². The van der Waals surface area contributed by atoms with Gasteiger partial charge in [0.05, 0.1) is 55.3 Å². The summed E-state index contributed by atoms with van der Waals surface area (Å²) in [6.07, 6.45) is -0.0226. The zero-order chi connectivity index (χ0) is 76.9. The Morgan fingerprint density at radius 1 is 0.709 bits per heavy atom. The third-order valence-corrected chi connectivity index (χ3v) is 18.9. The number of urea groups is 1. The van der Waals surface area contributed by atoms with E-state index in [0.717, 1.165) is 17.0 Å². The number of unbranched alkanes of at least 4 members (excludes halogenated alkanes) is 2. The van der Waals surface area contributed by atoms with Gasteiger partial charge in [-0.15, -0.1) is 0 Å². The van der Waals surface area contributed by atoms with Crippen molar-refractivity contribution >= 4 is 76.9 Å². The molecule has 1 saturated heterocycles. The number of imide groups is 1. The largest absolute Gasteiger partial charge is 0.445 e. The molecule has 0 saturated carbocycles. The normalized spacial score (nSPS) is 17.0. The van der Waals surface area contributed by atoms with Crippen molar-refractivity contribution in [3.63, 3.8) is 0 Å². The van der Waals surface area contributed by atoms with E-state index in [1.807, 2.05) is 41.5 Å². The Morgan fingerprint density at radius 2 is 1.35 bits per heavy atom. The summed E-state index contributed by atoms with van der Waals surface area (Å²) in [6, 6.07) is 5.22. The molecule has 0 spiro atoms. The van der Waals surface area contributed by atoms with Crippen LogP contribution in [0.3, 0.4) is 0 Å². The van der Waals surface area contributed by atoms with Crippen LogP contribution in [-0.2, 0) is 75.1 Å². The van der Waals surface area contributed by atoms with Gasteiger partial charge in [-0.25, -0.2) is 23.2 Å². The smallest absolute Gasteiger partial charge is 0.409 e. The molecule has 4 rings (SSSR count). The summed E-state index contributed by atoms with van der Waals surface area (Å²) in [7, 11) is 9.48. The van der Waals surface area contributed by atoms with Crippen LogP contribution in [0.4, 0.5) is 28.9 Å². The average Bonchev–Trinajstić information content (AvgIpc) is 1.73. The standard InChI is InChI=1S/C73H112F2N12O16/c1-16-46(8)65(85(13)70(96)63(44(4)5)82-69(95)64(45(6)7)83(10)11)57(100-14)40-61(92)87-41-51(39-55(87)66(101-15)47(9)67(93)77-34-32-52-53(74)23-20-24-54(52)75)103-73(99)84(12)37-35-79-72(98)102-42-48-26-28-50(29-27-48)80-68(94)49(22-21-33-78-71(76)97)38-56(88)62(43(2)3)81-58(89)25-18-17-19-36-86-59(90)30-31-60(86)91/h20,23-24,26-31,43-47,49,51,55,57,62-66H,16-19,21-22,25,32-42H2,1-15H3,(H,77,93)(H,79,98)(H,80,94)(H,81,89)(H,82,95)(H3,76,78,97)/t46-,47+,49+,51-,55-,57+,62-,63-,64-,65-,66+/m0/s1. The molecule has 574 valence electrons. The van der Waals surface area contributed by atoms with Crippen molar-refractivity contribution in [1.82, 2.24) is 51.1 Å². The SMILES string of the molecule is CC[C@H](C)[C@@H]([C@@H](CC(=O)N1C[C@@H](OC(=O)N(C)CCNC(=O)OCc2ccc(NC(=O)[C@H](CCCNC(N)=O)CC(=O)[C@@H](NC(=O)CCCCCN3C(=O)C=CC3=O)C(C)C)cc2)C[C@H]1[C@H](OC)[C@@H](C)C(=O)NCCc1c(F)cccc1F)OC)N(C)C(=O)[C@@H](NC(=O)[C@H](C(C)C)N(C)C)C(C)C. The highest BCUT2D eigenvalue weighted by atomic mass is 19.1. The molecule has 2 heterocycles. The quantitative estimate of drug-likeness (QED) is 0.0303. The van der Waals surface area contributed by atoms with Gasteiger partial charge in [0.15, 0.2) is 5.78 Å². The maximum atomic E-state index is 15.0. The first-order valence-electron chi connectivity index (χ1n) is 35.6. The molecule has 12 amide bonds. The fourth-order valence-corrected chi connectivity index (χ4v) is 13.0. The Morgan fingerprint density at radius 3 is 1.92 bits per heavy atom. The summed E-state index contributed by atoms with van der Waals surface area (Å²) < 4.78 is 52.6. The molecule has 0 unspecified atom stereocenters.